The smallest absolute Gasteiger partial charge is 0.407 e. The van der Waals surface area contributed by atoms with E-state index in [4.69, 9.17) is 4.74 Å². The van der Waals surface area contributed by atoms with Gasteiger partial charge in [0.25, 0.3) is 0 Å². The van der Waals surface area contributed by atoms with E-state index in [9.17, 15) is 24.2 Å². The first-order chi connectivity index (χ1) is 15.5. The Balaban J connectivity index is 1.36. The summed E-state index contributed by atoms with van der Waals surface area (Å²) in [6.07, 6.45) is -3.31. The zero-order valence-corrected chi connectivity index (χ0v) is 17.1. The highest BCUT2D eigenvalue weighted by atomic mass is 19.1. The van der Waals surface area contributed by atoms with Crippen molar-refractivity contribution in [3.05, 3.63) is 94.8 Å². The van der Waals surface area contributed by atoms with Crippen molar-refractivity contribution in [1.82, 2.24) is 5.32 Å². The van der Waals surface area contributed by atoms with Crippen LogP contribution in [0.1, 0.15) is 39.1 Å². The highest BCUT2D eigenvalue weighted by Crippen LogP contribution is 2.44. The lowest BCUT2D eigenvalue weighted by Crippen LogP contribution is -2.36. The normalized spacial score (nSPS) is 14.2. The first-order valence-electron chi connectivity index (χ1n) is 10.2. The summed E-state index contributed by atoms with van der Waals surface area (Å²) in [5, 5.41) is 22.9. The third-order valence-electron chi connectivity index (χ3n) is 5.66. The predicted molar refractivity (Wildman–Crippen MR) is 116 cm³/mol. The third-order valence-corrected chi connectivity index (χ3v) is 5.66. The number of halogens is 1. The van der Waals surface area contributed by atoms with Gasteiger partial charge in [-0.1, -0.05) is 48.5 Å². The van der Waals surface area contributed by atoms with Gasteiger partial charge in [-0.3, -0.25) is 4.79 Å². The van der Waals surface area contributed by atoms with E-state index in [1.165, 1.54) is 6.07 Å². The Morgan fingerprint density at radius 3 is 2.28 bits per heavy atom. The Hall–Kier alpha value is -3.55. The number of fused-ring (bicyclic) bond motifs is 3. The molecule has 0 heterocycles. The molecule has 0 saturated carbocycles. The van der Waals surface area contributed by atoms with Gasteiger partial charge in [-0.2, -0.15) is 0 Å². The minimum absolute atomic E-state index is 0.0539. The molecule has 1 aliphatic carbocycles. The van der Waals surface area contributed by atoms with Crippen LogP contribution in [0.5, 0.6) is 0 Å². The lowest BCUT2D eigenvalue weighted by atomic mass is 9.98. The van der Waals surface area contributed by atoms with Gasteiger partial charge in [-0.05, 0) is 46.0 Å². The van der Waals surface area contributed by atoms with Crippen molar-refractivity contribution in [3.63, 3.8) is 0 Å². The molecule has 0 aromatic heterocycles. The van der Waals surface area contributed by atoms with E-state index in [0.717, 1.165) is 34.4 Å². The van der Waals surface area contributed by atoms with Crippen LogP contribution in [-0.2, 0) is 4.74 Å². The van der Waals surface area contributed by atoms with Crippen LogP contribution in [-0.4, -0.2) is 41.8 Å². The van der Waals surface area contributed by atoms with E-state index in [1.807, 2.05) is 48.5 Å². The summed E-state index contributed by atoms with van der Waals surface area (Å²) in [6, 6.07) is 19.2. The molecular formula is C25H22FNO5. The van der Waals surface area contributed by atoms with Crippen LogP contribution in [0, 0.1) is 5.82 Å². The summed E-state index contributed by atoms with van der Waals surface area (Å²) < 4.78 is 18.9. The van der Waals surface area contributed by atoms with Crippen molar-refractivity contribution < 1.29 is 28.9 Å². The van der Waals surface area contributed by atoms with E-state index in [1.54, 1.807) is 0 Å². The zero-order valence-electron chi connectivity index (χ0n) is 17.1. The number of aliphatic hydroxyl groups excluding tert-OH is 2. The first-order valence-corrected chi connectivity index (χ1v) is 10.2. The number of amides is 1. The van der Waals surface area contributed by atoms with Crippen molar-refractivity contribution in [2.24, 2.45) is 0 Å². The minimum Gasteiger partial charge on any atom is -0.449 e. The first kappa shape index (κ1) is 21.7. The fourth-order valence-electron chi connectivity index (χ4n) is 4.07. The monoisotopic (exact) mass is 435 g/mol. The van der Waals surface area contributed by atoms with Crippen LogP contribution in [0.4, 0.5) is 9.18 Å². The van der Waals surface area contributed by atoms with Gasteiger partial charge in [0, 0.05) is 18.0 Å². The van der Waals surface area contributed by atoms with E-state index in [-0.39, 0.29) is 30.2 Å². The highest BCUT2D eigenvalue weighted by Gasteiger charge is 2.29. The molecule has 1 aliphatic rings. The quantitative estimate of drug-likeness (QED) is 0.493. The summed E-state index contributed by atoms with van der Waals surface area (Å²) in [5.74, 6) is -0.757. The molecule has 0 spiro atoms. The van der Waals surface area contributed by atoms with E-state index in [0.29, 0.717) is 6.29 Å². The molecule has 2 atom stereocenters. The van der Waals surface area contributed by atoms with Gasteiger partial charge in [-0.15, -0.1) is 0 Å². The zero-order chi connectivity index (χ0) is 22.7. The molecule has 32 heavy (non-hydrogen) atoms. The van der Waals surface area contributed by atoms with Gasteiger partial charge in [0.2, 0.25) is 0 Å². The van der Waals surface area contributed by atoms with Crippen LogP contribution in [0.25, 0.3) is 11.1 Å². The van der Waals surface area contributed by atoms with Crippen LogP contribution in [0.15, 0.2) is 66.7 Å². The Kier molecular flexibility index (Phi) is 6.30. The number of aldehydes is 1. The molecule has 3 aromatic carbocycles. The highest BCUT2D eigenvalue weighted by molar-refractivity contribution is 5.79. The topological polar surface area (TPSA) is 95.9 Å². The molecule has 164 valence electrons. The standard InChI is InChI=1S/C25H22FNO5/c26-16-10-9-15(13-28)21(11-16)24(30)23(29)12-27-25(31)32-14-22-19-7-3-1-5-17(19)18-6-2-4-8-20(18)22/h1-11,13,22-24,29-30H,12,14H2,(H,27,31). The summed E-state index contributed by atoms with van der Waals surface area (Å²) >= 11 is 0. The third kappa shape index (κ3) is 4.26. The molecule has 2 unspecified atom stereocenters. The molecule has 0 saturated heterocycles. The maximum atomic E-state index is 13.5. The number of ether oxygens (including phenoxy) is 1. The van der Waals surface area contributed by atoms with Gasteiger partial charge in [0.05, 0.1) is 0 Å². The van der Waals surface area contributed by atoms with Crippen LogP contribution in [0.3, 0.4) is 0 Å². The van der Waals surface area contributed by atoms with E-state index >= 15 is 0 Å². The number of carbonyl (C=O) groups is 2. The van der Waals surface area contributed by atoms with Crippen molar-refractivity contribution in [1.29, 1.82) is 0 Å². The number of alkyl carbamates (subject to hydrolysis) is 1. The van der Waals surface area contributed by atoms with E-state index in [2.05, 4.69) is 5.32 Å². The molecule has 0 bridgehead atoms. The van der Waals surface area contributed by atoms with Crippen LogP contribution < -0.4 is 5.32 Å². The fraction of sp³-hybridized carbons (Fsp3) is 0.200. The van der Waals surface area contributed by atoms with Crippen LogP contribution >= 0.6 is 0 Å². The summed E-state index contributed by atoms with van der Waals surface area (Å²) in [4.78, 5) is 23.3. The SMILES string of the molecule is O=Cc1ccc(F)cc1C(O)C(O)CNC(=O)OCC1c2ccccc2-c2ccccc21. The molecule has 3 aromatic rings. The summed E-state index contributed by atoms with van der Waals surface area (Å²) in [6.45, 7) is -0.232. The number of benzene rings is 3. The minimum atomic E-state index is -1.56. The van der Waals surface area contributed by atoms with Gasteiger partial charge in [0.15, 0.2) is 0 Å². The number of rotatable bonds is 7. The van der Waals surface area contributed by atoms with Crippen molar-refractivity contribution >= 4 is 12.4 Å². The maximum absolute atomic E-state index is 13.5. The molecule has 7 heteroatoms. The van der Waals surface area contributed by atoms with Crippen LogP contribution in [0.2, 0.25) is 0 Å². The second kappa shape index (κ2) is 9.30. The number of aliphatic hydroxyl groups is 2. The van der Waals surface area contributed by atoms with E-state index < -0.39 is 24.1 Å². The number of hydrogen-bond acceptors (Lipinski definition) is 5. The molecule has 0 aliphatic heterocycles. The largest absolute Gasteiger partial charge is 0.449 e. The van der Waals surface area contributed by atoms with Gasteiger partial charge < -0.3 is 20.3 Å². The van der Waals surface area contributed by atoms with Gasteiger partial charge in [-0.25, -0.2) is 9.18 Å². The van der Waals surface area contributed by atoms with Crippen molar-refractivity contribution in [3.8, 4) is 11.1 Å². The second-order valence-corrected chi connectivity index (χ2v) is 7.61. The number of carbonyl (C=O) groups excluding carboxylic acids is 2. The molecule has 0 radical (unpaired) electrons. The molecule has 6 nitrogen and oxygen atoms in total. The second-order valence-electron chi connectivity index (χ2n) is 7.61. The number of hydrogen-bond donors (Lipinski definition) is 3. The predicted octanol–water partition coefficient (Wildman–Crippen LogP) is 3.57. The molecular weight excluding hydrogens is 413 g/mol. The van der Waals surface area contributed by atoms with Crippen molar-refractivity contribution in [2.75, 3.05) is 13.2 Å². The Morgan fingerprint density at radius 2 is 1.66 bits per heavy atom. The Morgan fingerprint density at radius 1 is 1.03 bits per heavy atom. The maximum Gasteiger partial charge on any atom is 0.407 e. The molecule has 3 N–H and O–H groups in total. The molecule has 4 rings (SSSR count). The lowest BCUT2D eigenvalue weighted by molar-refractivity contribution is 0.0180. The Bertz CT molecular complexity index is 1100. The van der Waals surface area contributed by atoms with Crippen molar-refractivity contribution in [2.45, 2.75) is 18.1 Å². The Labute approximate surface area is 184 Å². The molecule has 1 amide bonds. The lowest BCUT2D eigenvalue weighted by Gasteiger charge is -2.20. The summed E-state index contributed by atoms with van der Waals surface area (Å²) in [7, 11) is 0. The van der Waals surface area contributed by atoms with Gasteiger partial charge >= 0.3 is 6.09 Å². The average molecular weight is 435 g/mol. The number of nitrogens with one attached hydrogen (secondary N) is 1. The molecule has 0 fully saturated rings. The fourth-order valence-corrected chi connectivity index (χ4v) is 4.07. The average Bonchev–Trinajstić information content (AvgIpc) is 3.14. The van der Waals surface area contributed by atoms with Gasteiger partial charge in [0.1, 0.15) is 30.9 Å². The summed E-state index contributed by atoms with van der Waals surface area (Å²) in [5.41, 5.74) is 4.36.